The van der Waals surface area contributed by atoms with E-state index >= 15 is 0 Å². The first-order valence-electron chi connectivity index (χ1n) is 4.33. The van der Waals surface area contributed by atoms with Crippen molar-refractivity contribution in [2.24, 2.45) is 0 Å². The molecule has 0 bridgehead atoms. The van der Waals surface area contributed by atoms with Crippen LogP contribution < -0.4 is 4.74 Å². The molecule has 0 saturated carbocycles. The Balaban J connectivity index is 3.22. The Morgan fingerprint density at radius 2 is 2.33 bits per heavy atom. The maximum absolute atomic E-state index is 10.9. The average Bonchev–Trinajstić information content (AvgIpc) is 2.25. The van der Waals surface area contributed by atoms with Gasteiger partial charge in [0.25, 0.3) is 0 Å². The van der Waals surface area contributed by atoms with E-state index in [1.54, 1.807) is 24.3 Å². The minimum atomic E-state index is -1.01. The zero-order valence-electron chi connectivity index (χ0n) is 8.24. The van der Waals surface area contributed by atoms with Gasteiger partial charge in [-0.3, -0.25) is 0 Å². The van der Waals surface area contributed by atoms with Crippen LogP contribution in [0, 0.1) is 0 Å². The van der Waals surface area contributed by atoms with Crippen LogP contribution in [0.5, 0.6) is 5.75 Å². The maximum Gasteiger partial charge on any atom is 0.339 e. The van der Waals surface area contributed by atoms with Gasteiger partial charge in [-0.05, 0) is 6.07 Å². The van der Waals surface area contributed by atoms with Crippen molar-refractivity contribution >= 4 is 23.6 Å². The minimum Gasteiger partial charge on any atom is -0.495 e. The number of allylic oxidation sites excluding steroid dienone is 1. The lowest BCUT2D eigenvalue weighted by molar-refractivity contribution is 0.0693. The number of alkyl halides is 1. The summed E-state index contributed by atoms with van der Waals surface area (Å²) in [4.78, 5) is 10.9. The lowest BCUT2D eigenvalue weighted by Gasteiger charge is -2.07. The summed E-state index contributed by atoms with van der Waals surface area (Å²) >= 11 is 5.51. The molecule has 0 unspecified atom stereocenters. The molecule has 0 aromatic heterocycles. The van der Waals surface area contributed by atoms with Gasteiger partial charge < -0.3 is 9.84 Å². The van der Waals surface area contributed by atoms with Crippen LogP contribution >= 0.6 is 11.6 Å². The molecular formula is C11H11ClO3. The van der Waals surface area contributed by atoms with Crippen molar-refractivity contribution < 1.29 is 14.6 Å². The van der Waals surface area contributed by atoms with Crippen molar-refractivity contribution in [3.8, 4) is 5.75 Å². The van der Waals surface area contributed by atoms with Crippen molar-refractivity contribution in [1.82, 2.24) is 0 Å². The van der Waals surface area contributed by atoms with Crippen LogP contribution in [0.25, 0.3) is 6.08 Å². The van der Waals surface area contributed by atoms with Gasteiger partial charge in [0.1, 0.15) is 11.3 Å². The zero-order chi connectivity index (χ0) is 11.3. The lowest BCUT2D eigenvalue weighted by atomic mass is 10.1. The summed E-state index contributed by atoms with van der Waals surface area (Å²) < 4.78 is 5.06. The number of halogens is 1. The van der Waals surface area contributed by atoms with Crippen LogP contribution in [0.3, 0.4) is 0 Å². The number of rotatable bonds is 4. The molecule has 80 valence electrons. The normalized spacial score (nSPS) is 10.5. The van der Waals surface area contributed by atoms with E-state index in [1.165, 1.54) is 13.2 Å². The molecule has 0 aliphatic carbocycles. The lowest BCUT2D eigenvalue weighted by Crippen LogP contribution is -2.01. The number of carboxylic acid groups (broad SMARTS) is 1. The third kappa shape index (κ3) is 2.73. The van der Waals surface area contributed by atoms with E-state index in [1.807, 2.05) is 0 Å². The van der Waals surface area contributed by atoms with Crippen molar-refractivity contribution in [1.29, 1.82) is 0 Å². The van der Waals surface area contributed by atoms with E-state index in [9.17, 15) is 4.79 Å². The Morgan fingerprint density at radius 1 is 1.60 bits per heavy atom. The standard InChI is InChI=1S/C11H11ClO3/c1-15-10-8(5-3-7-12)4-2-6-9(10)11(13)14/h2-6H,7H2,1H3,(H,13,14). The predicted molar refractivity (Wildman–Crippen MR) is 59.7 cm³/mol. The average molecular weight is 227 g/mol. The highest BCUT2D eigenvalue weighted by atomic mass is 35.5. The second-order valence-corrected chi connectivity index (χ2v) is 3.10. The Hall–Kier alpha value is -1.48. The Labute approximate surface area is 92.9 Å². The fourth-order valence-corrected chi connectivity index (χ4v) is 1.34. The van der Waals surface area contributed by atoms with Crippen LogP contribution in [-0.4, -0.2) is 24.1 Å². The number of carbonyl (C=O) groups is 1. The fourth-order valence-electron chi connectivity index (χ4n) is 1.25. The number of benzene rings is 1. The van der Waals surface area contributed by atoms with Crippen molar-refractivity contribution in [2.45, 2.75) is 0 Å². The first-order chi connectivity index (χ1) is 7.20. The summed E-state index contributed by atoms with van der Waals surface area (Å²) in [7, 11) is 1.44. The highest BCUT2D eigenvalue weighted by Gasteiger charge is 2.12. The molecule has 0 radical (unpaired) electrons. The third-order valence-electron chi connectivity index (χ3n) is 1.87. The molecule has 1 aromatic carbocycles. The molecule has 4 heteroatoms. The molecule has 0 spiro atoms. The predicted octanol–water partition coefficient (Wildman–Crippen LogP) is 2.65. The van der Waals surface area contributed by atoms with Gasteiger partial charge in [-0.2, -0.15) is 0 Å². The number of ether oxygens (including phenoxy) is 1. The largest absolute Gasteiger partial charge is 0.495 e. The molecule has 15 heavy (non-hydrogen) atoms. The van der Waals surface area contributed by atoms with Crippen LogP contribution in [0.4, 0.5) is 0 Å². The molecule has 1 aromatic rings. The van der Waals surface area contributed by atoms with Crippen LogP contribution in [-0.2, 0) is 0 Å². The monoisotopic (exact) mass is 226 g/mol. The van der Waals surface area contributed by atoms with Gasteiger partial charge in [0.15, 0.2) is 0 Å². The molecule has 1 N–H and O–H groups in total. The SMILES string of the molecule is COc1c(C=CCCl)cccc1C(=O)O. The fraction of sp³-hybridized carbons (Fsp3) is 0.182. The molecule has 3 nitrogen and oxygen atoms in total. The van der Waals surface area contributed by atoms with Gasteiger partial charge in [0.05, 0.1) is 7.11 Å². The summed E-state index contributed by atoms with van der Waals surface area (Å²) in [5.74, 6) is -0.278. The van der Waals surface area contributed by atoms with E-state index in [0.717, 1.165) is 0 Å². The molecule has 0 fully saturated rings. The third-order valence-corrected chi connectivity index (χ3v) is 2.04. The molecular weight excluding hydrogens is 216 g/mol. The summed E-state index contributed by atoms with van der Waals surface area (Å²) in [6.45, 7) is 0. The summed E-state index contributed by atoms with van der Waals surface area (Å²) in [6, 6.07) is 4.94. The quantitative estimate of drug-likeness (QED) is 0.803. The van der Waals surface area contributed by atoms with Gasteiger partial charge in [0, 0.05) is 11.4 Å². The van der Waals surface area contributed by atoms with Crippen LogP contribution in [0.1, 0.15) is 15.9 Å². The molecule has 0 atom stereocenters. The summed E-state index contributed by atoms with van der Waals surface area (Å²) in [5.41, 5.74) is 0.854. The minimum absolute atomic E-state index is 0.147. The Bertz CT molecular complexity index is 385. The van der Waals surface area contributed by atoms with Gasteiger partial charge >= 0.3 is 5.97 Å². The highest BCUT2D eigenvalue weighted by molar-refractivity contribution is 6.19. The molecule has 0 aliphatic heterocycles. The first kappa shape index (κ1) is 11.6. The van der Waals surface area contributed by atoms with Crippen molar-refractivity contribution in [2.75, 3.05) is 13.0 Å². The number of para-hydroxylation sites is 1. The van der Waals surface area contributed by atoms with E-state index < -0.39 is 5.97 Å². The van der Waals surface area contributed by atoms with Crippen LogP contribution in [0.15, 0.2) is 24.3 Å². The smallest absolute Gasteiger partial charge is 0.339 e. The maximum atomic E-state index is 10.9. The van der Waals surface area contributed by atoms with E-state index in [-0.39, 0.29) is 5.56 Å². The van der Waals surface area contributed by atoms with Crippen molar-refractivity contribution in [3.05, 3.63) is 35.4 Å². The van der Waals surface area contributed by atoms with Crippen LogP contribution in [0.2, 0.25) is 0 Å². The zero-order valence-corrected chi connectivity index (χ0v) is 8.99. The second kappa shape index (κ2) is 5.41. The highest BCUT2D eigenvalue weighted by Crippen LogP contribution is 2.24. The number of methoxy groups -OCH3 is 1. The summed E-state index contributed by atoms with van der Waals surface area (Å²) in [6.07, 6.45) is 3.46. The van der Waals surface area contributed by atoms with E-state index in [0.29, 0.717) is 17.2 Å². The molecule has 0 heterocycles. The number of hydrogen-bond acceptors (Lipinski definition) is 2. The molecule has 0 saturated heterocycles. The molecule has 1 rings (SSSR count). The van der Waals surface area contributed by atoms with Gasteiger partial charge in [-0.15, -0.1) is 11.6 Å². The molecule has 0 aliphatic rings. The van der Waals surface area contributed by atoms with Gasteiger partial charge in [0.2, 0.25) is 0 Å². The summed E-state index contributed by atoms with van der Waals surface area (Å²) in [5, 5.41) is 8.92. The number of aromatic carboxylic acids is 1. The van der Waals surface area contributed by atoms with Crippen molar-refractivity contribution in [3.63, 3.8) is 0 Å². The van der Waals surface area contributed by atoms with E-state index in [4.69, 9.17) is 21.4 Å². The van der Waals surface area contributed by atoms with Gasteiger partial charge in [-0.1, -0.05) is 24.3 Å². The topological polar surface area (TPSA) is 46.5 Å². The Morgan fingerprint density at radius 3 is 2.87 bits per heavy atom. The Kier molecular flexibility index (Phi) is 4.18. The van der Waals surface area contributed by atoms with Gasteiger partial charge in [-0.25, -0.2) is 4.79 Å². The van der Waals surface area contributed by atoms with E-state index in [2.05, 4.69) is 0 Å². The number of carboxylic acids is 1. The first-order valence-corrected chi connectivity index (χ1v) is 4.87. The molecule has 0 amide bonds. The number of hydrogen-bond donors (Lipinski definition) is 1. The second-order valence-electron chi connectivity index (χ2n) is 2.79.